The van der Waals surface area contributed by atoms with Gasteiger partial charge in [0.05, 0.1) is 39.4 Å². The first kappa shape index (κ1) is 22.8. The Morgan fingerprint density at radius 3 is 2.17 bits per heavy atom. The zero-order valence-corrected chi connectivity index (χ0v) is 17.4. The first-order valence-corrected chi connectivity index (χ1v) is 9.10. The van der Waals surface area contributed by atoms with Crippen molar-refractivity contribution in [2.75, 3.05) is 46.9 Å². The topological polar surface area (TPSA) is 116 Å². The van der Waals surface area contributed by atoms with Crippen LogP contribution in [0, 0.1) is 10.1 Å². The monoisotopic (exact) mass is 418 g/mol. The molecule has 10 nitrogen and oxygen atoms in total. The van der Waals surface area contributed by atoms with Crippen LogP contribution in [-0.2, 0) is 11.3 Å². The van der Waals surface area contributed by atoms with Crippen molar-refractivity contribution in [3.8, 4) is 17.2 Å². The molecule has 0 aliphatic rings. The zero-order valence-electron chi connectivity index (χ0n) is 17.4. The maximum absolute atomic E-state index is 10.8. The largest absolute Gasteiger partial charge is 0.493 e. The second-order valence-electron chi connectivity index (χ2n) is 6.05. The van der Waals surface area contributed by atoms with Crippen molar-refractivity contribution in [3.63, 3.8) is 0 Å². The molecule has 0 saturated heterocycles. The minimum Gasteiger partial charge on any atom is -0.493 e. The number of aliphatic imine (C=N–C) groups is 1. The average Bonchev–Trinajstić information content (AvgIpc) is 2.76. The molecule has 0 radical (unpaired) electrons. The molecule has 30 heavy (non-hydrogen) atoms. The van der Waals surface area contributed by atoms with Crippen molar-refractivity contribution in [2.45, 2.75) is 6.54 Å². The highest BCUT2D eigenvalue weighted by Crippen LogP contribution is 2.39. The molecule has 2 aromatic carbocycles. The van der Waals surface area contributed by atoms with Crippen LogP contribution < -0.4 is 24.8 Å². The molecule has 2 N–H and O–H groups in total. The molecule has 0 saturated carbocycles. The third-order valence-electron chi connectivity index (χ3n) is 4.09. The highest BCUT2D eigenvalue weighted by atomic mass is 16.6. The summed E-state index contributed by atoms with van der Waals surface area (Å²) in [4.78, 5) is 14.9. The van der Waals surface area contributed by atoms with E-state index in [-0.39, 0.29) is 5.69 Å². The third-order valence-corrected chi connectivity index (χ3v) is 4.09. The van der Waals surface area contributed by atoms with Gasteiger partial charge in [0.15, 0.2) is 17.5 Å². The number of methoxy groups -OCH3 is 4. The molecule has 2 aromatic rings. The number of hydrogen-bond acceptors (Lipinski definition) is 7. The quantitative estimate of drug-likeness (QED) is 0.199. The Labute approximate surface area is 175 Å². The van der Waals surface area contributed by atoms with Crippen LogP contribution in [0.25, 0.3) is 0 Å². The SMILES string of the molecule is COCCNC(=NCc1ccc([N+](=O)[O-])cc1)Nc1cc(OC)c(OC)c(OC)c1. The van der Waals surface area contributed by atoms with Crippen molar-refractivity contribution in [2.24, 2.45) is 4.99 Å². The van der Waals surface area contributed by atoms with Crippen LogP contribution >= 0.6 is 0 Å². The van der Waals surface area contributed by atoms with Gasteiger partial charge in [-0.1, -0.05) is 12.1 Å². The van der Waals surface area contributed by atoms with Gasteiger partial charge in [-0.15, -0.1) is 0 Å². The van der Waals surface area contributed by atoms with Gasteiger partial charge in [-0.25, -0.2) is 4.99 Å². The molecular weight excluding hydrogens is 392 g/mol. The van der Waals surface area contributed by atoms with Crippen molar-refractivity contribution >= 4 is 17.3 Å². The number of benzene rings is 2. The van der Waals surface area contributed by atoms with E-state index in [0.29, 0.717) is 48.6 Å². The van der Waals surface area contributed by atoms with Gasteiger partial charge in [0.2, 0.25) is 5.75 Å². The van der Waals surface area contributed by atoms with Gasteiger partial charge in [0.1, 0.15) is 0 Å². The van der Waals surface area contributed by atoms with E-state index < -0.39 is 4.92 Å². The molecule has 0 spiro atoms. The molecule has 162 valence electrons. The number of nitrogens with zero attached hydrogens (tertiary/aromatic N) is 2. The molecule has 2 rings (SSSR count). The predicted octanol–water partition coefficient (Wildman–Crippen LogP) is 2.82. The number of anilines is 1. The van der Waals surface area contributed by atoms with Crippen LogP contribution in [0.15, 0.2) is 41.4 Å². The van der Waals surface area contributed by atoms with E-state index in [1.165, 1.54) is 19.2 Å². The van der Waals surface area contributed by atoms with Gasteiger partial charge in [0.25, 0.3) is 5.69 Å². The Balaban J connectivity index is 2.23. The van der Waals surface area contributed by atoms with Crippen LogP contribution in [0.4, 0.5) is 11.4 Å². The van der Waals surface area contributed by atoms with Gasteiger partial charge in [-0.2, -0.15) is 0 Å². The Kier molecular flexibility index (Phi) is 8.70. The van der Waals surface area contributed by atoms with Crippen LogP contribution in [0.1, 0.15) is 5.56 Å². The lowest BCUT2D eigenvalue weighted by Crippen LogP contribution is -2.33. The number of nitro benzene ring substituents is 1. The van der Waals surface area contributed by atoms with Gasteiger partial charge in [-0.3, -0.25) is 10.1 Å². The molecule has 0 atom stereocenters. The van der Waals surface area contributed by atoms with E-state index in [1.807, 2.05) is 0 Å². The first-order chi connectivity index (χ1) is 14.5. The van der Waals surface area contributed by atoms with Crippen LogP contribution in [0.2, 0.25) is 0 Å². The van der Waals surface area contributed by atoms with Crippen LogP contribution in [0.5, 0.6) is 17.2 Å². The third kappa shape index (κ3) is 6.24. The summed E-state index contributed by atoms with van der Waals surface area (Å²) >= 11 is 0. The molecule has 0 fully saturated rings. The summed E-state index contributed by atoms with van der Waals surface area (Å²) in [6.45, 7) is 1.35. The zero-order chi connectivity index (χ0) is 21.9. The van der Waals surface area contributed by atoms with E-state index in [4.69, 9.17) is 18.9 Å². The normalized spacial score (nSPS) is 11.0. The molecule has 0 unspecified atom stereocenters. The number of guanidine groups is 1. The lowest BCUT2D eigenvalue weighted by Gasteiger charge is -2.17. The smallest absolute Gasteiger partial charge is 0.269 e. The molecule has 0 aliphatic heterocycles. The van der Waals surface area contributed by atoms with Crippen molar-refractivity contribution in [1.82, 2.24) is 5.32 Å². The molecule has 0 bridgehead atoms. The predicted molar refractivity (Wildman–Crippen MR) is 114 cm³/mol. The summed E-state index contributed by atoms with van der Waals surface area (Å²) < 4.78 is 21.2. The number of ether oxygens (including phenoxy) is 4. The summed E-state index contributed by atoms with van der Waals surface area (Å²) in [6.07, 6.45) is 0. The molecule has 10 heteroatoms. The standard InChI is InChI=1S/C20H26N4O6/c1-27-10-9-21-20(22-13-14-5-7-16(8-6-14)24(25)26)23-15-11-17(28-2)19(30-4)18(12-15)29-3/h5-8,11-12H,9-10,13H2,1-4H3,(H2,21,22,23). The van der Waals surface area contributed by atoms with Gasteiger partial charge < -0.3 is 29.6 Å². The summed E-state index contributed by atoms with van der Waals surface area (Å²) in [7, 11) is 6.24. The maximum atomic E-state index is 10.8. The minimum absolute atomic E-state index is 0.0386. The van der Waals surface area contributed by atoms with Crippen LogP contribution in [0.3, 0.4) is 0 Å². The fourth-order valence-corrected chi connectivity index (χ4v) is 2.59. The van der Waals surface area contributed by atoms with E-state index in [2.05, 4.69) is 15.6 Å². The number of nitrogens with one attached hydrogen (secondary N) is 2. The van der Waals surface area contributed by atoms with Crippen molar-refractivity contribution in [3.05, 3.63) is 52.1 Å². The summed E-state index contributed by atoms with van der Waals surface area (Å²) in [5.74, 6) is 2.00. The molecule has 0 aliphatic carbocycles. The second kappa shape index (κ2) is 11.5. The number of nitro groups is 1. The van der Waals surface area contributed by atoms with Crippen molar-refractivity contribution in [1.29, 1.82) is 0 Å². The fourth-order valence-electron chi connectivity index (χ4n) is 2.59. The summed E-state index contributed by atoms with van der Waals surface area (Å²) in [5.41, 5.74) is 1.55. The molecule has 0 heterocycles. The van der Waals surface area contributed by atoms with E-state index in [1.54, 1.807) is 45.6 Å². The maximum Gasteiger partial charge on any atom is 0.269 e. The highest BCUT2D eigenvalue weighted by molar-refractivity contribution is 5.94. The Morgan fingerprint density at radius 1 is 1.03 bits per heavy atom. The number of non-ortho nitro benzene ring substituents is 1. The fraction of sp³-hybridized carbons (Fsp3) is 0.350. The first-order valence-electron chi connectivity index (χ1n) is 9.10. The minimum atomic E-state index is -0.434. The lowest BCUT2D eigenvalue weighted by atomic mass is 10.2. The Bertz CT molecular complexity index is 845. The Morgan fingerprint density at radius 2 is 1.67 bits per heavy atom. The lowest BCUT2D eigenvalue weighted by molar-refractivity contribution is -0.384. The van der Waals surface area contributed by atoms with Crippen molar-refractivity contribution < 1.29 is 23.9 Å². The highest BCUT2D eigenvalue weighted by Gasteiger charge is 2.14. The van der Waals surface area contributed by atoms with E-state index >= 15 is 0 Å². The molecule has 0 amide bonds. The number of rotatable bonds is 10. The molecular formula is C20H26N4O6. The summed E-state index contributed by atoms with van der Waals surface area (Å²) in [6, 6.07) is 9.79. The second-order valence-corrected chi connectivity index (χ2v) is 6.05. The Hall–Kier alpha value is -3.53. The van der Waals surface area contributed by atoms with Crippen LogP contribution in [-0.4, -0.2) is 52.5 Å². The van der Waals surface area contributed by atoms with Gasteiger partial charge >= 0.3 is 0 Å². The van der Waals surface area contributed by atoms with E-state index in [9.17, 15) is 10.1 Å². The van der Waals surface area contributed by atoms with E-state index in [0.717, 1.165) is 5.56 Å². The van der Waals surface area contributed by atoms with Gasteiger partial charge in [0, 0.05) is 43.6 Å². The number of hydrogen-bond donors (Lipinski definition) is 2. The average molecular weight is 418 g/mol. The van der Waals surface area contributed by atoms with Gasteiger partial charge in [-0.05, 0) is 5.56 Å². The molecule has 0 aromatic heterocycles. The summed E-state index contributed by atoms with van der Waals surface area (Å²) in [5, 5.41) is 17.2.